The highest BCUT2D eigenvalue weighted by Crippen LogP contribution is 2.14. The normalized spacial score (nSPS) is 11.7. The molecule has 0 spiro atoms. The van der Waals surface area contributed by atoms with Crippen LogP contribution in [0.1, 0.15) is 11.4 Å². The molecule has 45 heavy (non-hydrogen) atoms. The number of likely N-dealkylation sites (N-methyl/N-ethyl adjacent to an activating group) is 2. The highest BCUT2D eigenvalue weighted by atomic mass is 16.5. The third kappa shape index (κ3) is 8.30. The summed E-state index contributed by atoms with van der Waals surface area (Å²) in [7, 11) is 14.7. The van der Waals surface area contributed by atoms with Gasteiger partial charge in [0.15, 0.2) is 33.2 Å². The Morgan fingerprint density at radius 1 is 0.622 bits per heavy atom. The number of rotatable bonds is 14. The molecule has 0 radical (unpaired) electrons. The fraction of sp³-hybridized carbons (Fsp3) is 0.500. The van der Waals surface area contributed by atoms with E-state index < -0.39 is 23.9 Å². The van der Waals surface area contributed by atoms with Gasteiger partial charge in [0.25, 0.3) is 0 Å². The van der Waals surface area contributed by atoms with E-state index in [9.17, 15) is 19.2 Å². The summed E-state index contributed by atoms with van der Waals surface area (Å²) in [6, 6.07) is 9.82. The highest BCUT2D eigenvalue weighted by Gasteiger charge is 2.37. The van der Waals surface area contributed by atoms with Gasteiger partial charge >= 0.3 is 35.5 Å². The second-order valence-corrected chi connectivity index (χ2v) is 11.6. The lowest BCUT2D eigenvalue weighted by Crippen LogP contribution is -2.58. The first-order valence-electron chi connectivity index (χ1n) is 14.3. The van der Waals surface area contributed by atoms with Crippen molar-refractivity contribution in [3.63, 3.8) is 0 Å². The average Bonchev–Trinajstić information content (AvgIpc) is 3.53. The van der Waals surface area contributed by atoms with E-state index in [-0.39, 0.29) is 35.1 Å². The predicted molar refractivity (Wildman–Crippen MR) is 156 cm³/mol. The van der Waals surface area contributed by atoms with Crippen molar-refractivity contribution >= 4 is 23.9 Å². The first kappa shape index (κ1) is 34.9. The number of esters is 4. The first-order chi connectivity index (χ1) is 21.2. The van der Waals surface area contributed by atoms with E-state index in [0.717, 1.165) is 23.0 Å². The molecule has 0 unspecified atom stereocenters. The summed E-state index contributed by atoms with van der Waals surface area (Å²) in [5, 5.41) is 0. The maximum atomic E-state index is 12.2. The van der Waals surface area contributed by atoms with E-state index in [0.29, 0.717) is 13.1 Å². The van der Waals surface area contributed by atoms with E-state index in [1.165, 1.54) is 28.4 Å². The van der Waals surface area contributed by atoms with Crippen LogP contribution in [0.15, 0.2) is 42.7 Å². The van der Waals surface area contributed by atoms with Crippen molar-refractivity contribution in [2.45, 2.75) is 13.1 Å². The number of hydrogen-bond donors (Lipinski definition) is 0. The van der Waals surface area contributed by atoms with Crippen molar-refractivity contribution in [1.82, 2.24) is 9.36 Å². The minimum absolute atomic E-state index is 0.00350. The van der Waals surface area contributed by atoms with Gasteiger partial charge in [-0.1, -0.05) is 4.57 Å². The van der Waals surface area contributed by atoms with Gasteiger partial charge in [0, 0.05) is 12.1 Å². The van der Waals surface area contributed by atoms with Crippen LogP contribution >= 0.6 is 0 Å². The second kappa shape index (κ2) is 14.4. The predicted octanol–water partition coefficient (Wildman–Crippen LogP) is -1.67. The summed E-state index contributed by atoms with van der Waals surface area (Å²) < 4.78 is 29.6. The van der Waals surface area contributed by atoms with Gasteiger partial charge in [0.1, 0.15) is 24.5 Å². The molecule has 0 saturated heterocycles. The van der Waals surface area contributed by atoms with Crippen LogP contribution in [-0.2, 0) is 72.4 Å². The summed E-state index contributed by atoms with van der Waals surface area (Å²) in [6.07, 6.45) is 3.86. The van der Waals surface area contributed by atoms with E-state index in [1.54, 1.807) is 0 Å². The minimum atomic E-state index is -0.420. The van der Waals surface area contributed by atoms with Crippen molar-refractivity contribution in [2.75, 3.05) is 68.7 Å². The fourth-order valence-electron chi connectivity index (χ4n) is 5.42. The molecular formula is C30H46N7O8+5. The summed E-state index contributed by atoms with van der Waals surface area (Å²) >= 11 is 0. The molecule has 0 aliphatic carbocycles. The molecule has 0 N–H and O–H groups in total. The number of hydrogen-bond acceptors (Lipinski definition) is 8. The molecule has 15 nitrogen and oxygen atoms in total. The number of nitrogens with zero attached hydrogens (tertiary/aromatic N) is 7. The standard InChI is InChI=1S/C30H46N7O8/c1-31-25(34-15-13-23(32(34)2)17-36(4,19-27(38)42-6)20-28(39)43-7)11-10-12-26(31)35-16-14-24(33(35)3)18-37(5,21-29(40)44-8)22-30(41)45-9/h10-16H,17-22H2,1-9H3/q+5. The van der Waals surface area contributed by atoms with Gasteiger partial charge in [-0.25, -0.2) is 19.2 Å². The quantitative estimate of drug-likeness (QED) is 0.0894. The Labute approximate surface area is 263 Å². The topological polar surface area (TPSA) is 127 Å². The third-order valence-electron chi connectivity index (χ3n) is 7.98. The van der Waals surface area contributed by atoms with Crippen LogP contribution in [0.5, 0.6) is 0 Å². The molecule has 0 atom stereocenters. The fourth-order valence-corrected chi connectivity index (χ4v) is 5.42. The number of quaternary nitrogens is 2. The second-order valence-electron chi connectivity index (χ2n) is 11.6. The van der Waals surface area contributed by atoms with E-state index in [1.807, 2.05) is 101 Å². The molecule has 0 saturated carbocycles. The Bertz CT molecular complexity index is 1410. The zero-order valence-electron chi connectivity index (χ0n) is 27.7. The van der Waals surface area contributed by atoms with Gasteiger partial charge < -0.3 is 27.9 Å². The SMILES string of the molecule is COC(=O)C[N+](C)(CC(=O)OC)Cc1cc[n+](-c2cccc(-[n+]3ccc(C[N+](C)(CC(=O)OC)CC(=O)OC)n3C)[n+]2C)n1C. The number of aromatic nitrogens is 5. The zero-order valence-corrected chi connectivity index (χ0v) is 27.7. The highest BCUT2D eigenvalue weighted by molar-refractivity contribution is 5.73. The Hall–Kier alpha value is -4.63. The van der Waals surface area contributed by atoms with Crippen LogP contribution < -0.4 is 13.9 Å². The Kier molecular flexibility index (Phi) is 11.2. The van der Waals surface area contributed by atoms with Crippen LogP contribution in [0.4, 0.5) is 0 Å². The van der Waals surface area contributed by atoms with Gasteiger partial charge in [-0.2, -0.15) is 0 Å². The number of pyridine rings is 1. The maximum absolute atomic E-state index is 12.2. The number of methoxy groups -OCH3 is 4. The summed E-state index contributed by atoms with van der Waals surface area (Å²) in [4.78, 5) is 48.8. The van der Waals surface area contributed by atoms with Crippen molar-refractivity contribution in [3.05, 3.63) is 54.1 Å². The van der Waals surface area contributed by atoms with Gasteiger partial charge in [-0.3, -0.25) is 0 Å². The lowest BCUT2D eigenvalue weighted by atomic mass is 10.3. The molecule has 3 heterocycles. The Morgan fingerprint density at radius 2 is 0.933 bits per heavy atom. The molecular weight excluding hydrogens is 586 g/mol. The molecule has 0 aliphatic rings. The summed E-state index contributed by atoms with van der Waals surface area (Å²) in [5.74, 6) is 0.0207. The molecule has 0 bridgehead atoms. The molecule has 0 amide bonds. The van der Waals surface area contributed by atoms with E-state index >= 15 is 0 Å². The number of ether oxygens (including phenoxy) is 4. The number of carbonyl (C=O) groups excluding carboxylic acids is 4. The molecule has 0 aliphatic heterocycles. The molecule has 3 aromatic rings. The first-order valence-corrected chi connectivity index (χ1v) is 14.3. The smallest absolute Gasteiger partial charge is 0.465 e. The largest absolute Gasteiger partial charge is 0.477 e. The Morgan fingerprint density at radius 3 is 1.22 bits per heavy atom. The van der Waals surface area contributed by atoms with Crippen LogP contribution in [0.2, 0.25) is 0 Å². The number of carbonyl (C=O) groups is 4. The van der Waals surface area contributed by atoms with Crippen LogP contribution in [-0.4, -0.2) is 111 Å². The Balaban J connectivity index is 1.96. The summed E-state index contributed by atoms with van der Waals surface area (Å²) in [5.41, 5.74) is 1.77. The lowest BCUT2D eigenvalue weighted by molar-refractivity contribution is -0.911. The van der Waals surface area contributed by atoms with E-state index in [4.69, 9.17) is 18.9 Å². The maximum Gasteiger partial charge on any atom is 0.477 e. The van der Waals surface area contributed by atoms with Gasteiger partial charge in [-0.15, -0.1) is 9.36 Å². The molecule has 0 aromatic carbocycles. The van der Waals surface area contributed by atoms with Gasteiger partial charge in [0.05, 0.1) is 68.8 Å². The third-order valence-corrected chi connectivity index (χ3v) is 7.98. The van der Waals surface area contributed by atoms with Gasteiger partial charge in [0.2, 0.25) is 12.4 Å². The van der Waals surface area contributed by atoms with E-state index in [2.05, 4.69) is 0 Å². The van der Waals surface area contributed by atoms with Crippen LogP contribution in [0.25, 0.3) is 11.6 Å². The van der Waals surface area contributed by atoms with Crippen molar-refractivity contribution < 1.29 is 61.0 Å². The average molecular weight is 633 g/mol. The molecule has 3 aromatic heterocycles. The van der Waals surface area contributed by atoms with Crippen LogP contribution in [0, 0.1) is 0 Å². The van der Waals surface area contributed by atoms with Crippen LogP contribution in [0.3, 0.4) is 0 Å². The lowest BCUT2D eigenvalue weighted by Gasteiger charge is -2.31. The van der Waals surface area contributed by atoms with Crippen molar-refractivity contribution in [1.29, 1.82) is 0 Å². The monoisotopic (exact) mass is 632 g/mol. The molecule has 3 rings (SSSR count). The summed E-state index contributed by atoms with van der Waals surface area (Å²) in [6.45, 7) is 0.766. The van der Waals surface area contributed by atoms with Crippen molar-refractivity contribution in [2.24, 2.45) is 21.1 Å². The van der Waals surface area contributed by atoms with Gasteiger partial charge in [-0.05, 0) is 15.4 Å². The molecule has 244 valence electrons. The zero-order chi connectivity index (χ0) is 33.5. The minimum Gasteiger partial charge on any atom is -0.465 e. The molecule has 0 fully saturated rings. The van der Waals surface area contributed by atoms with Crippen molar-refractivity contribution in [3.8, 4) is 11.6 Å². The molecule has 15 heteroatoms.